The van der Waals surface area contributed by atoms with Gasteiger partial charge in [-0.15, -0.1) is 0 Å². The van der Waals surface area contributed by atoms with Crippen LogP contribution in [0.5, 0.6) is 0 Å². The minimum absolute atomic E-state index is 1.09. The van der Waals surface area contributed by atoms with Crippen molar-refractivity contribution in [2.45, 2.75) is 0 Å². The molecule has 0 fully saturated rings. The summed E-state index contributed by atoms with van der Waals surface area (Å²) in [5.41, 5.74) is 1.09. The summed E-state index contributed by atoms with van der Waals surface area (Å²) >= 11 is 2.24. The van der Waals surface area contributed by atoms with E-state index in [1.807, 2.05) is 36.4 Å². The number of rotatable bonds is 1. The Morgan fingerprint density at radius 1 is 1.36 bits per heavy atom. The zero-order valence-corrected chi connectivity index (χ0v) is 7.95. The van der Waals surface area contributed by atoms with E-state index in [0.717, 1.165) is 9.13 Å². The summed E-state index contributed by atoms with van der Waals surface area (Å²) in [6, 6.07) is 9.89. The van der Waals surface area contributed by atoms with Crippen LogP contribution in [0.3, 0.4) is 0 Å². The van der Waals surface area contributed by atoms with Crippen molar-refractivity contribution < 1.29 is 0 Å². The molecule has 1 aromatic rings. The van der Waals surface area contributed by atoms with Gasteiger partial charge in [-0.3, -0.25) is 0 Å². The predicted molar refractivity (Wildman–Crippen MR) is 53.8 cm³/mol. The molecule has 54 valence electrons. The second kappa shape index (κ2) is 4.14. The van der Waals surface area contributed by atoms with Crippen molar-refractivity contribution >= 4 is 28.7 Å². The van der Waals surface area contributed by atoms with Gasteiger partial charge < -0.3 is 0 Å². The highest BCUT2D eigenvalue weighted by Gasteiger charge is 1.90. The fourth-order valence-electron chi connectivity index (χ4n) is 0.737. The van der Waals surface area contributed by atoms with Crippen LogP contribution >= 0.6 is 22.6 Å². The van der Waals surface area contributed by atoms with Gasteiger partial charge in [0.2, 0.25) is 0 Å². The Morgan fingerprint density at radius 3 is 2.73 bits per heavy atom. The van der Waals surface area contributed by atoms with Gasteiger partial charge in [0.05, 0.1) is 6.07 Å². The van der Waals surface area contributed by atoms with Crippen LogP contribution in [0.15, 0.2) is 30.3 Å². The molecule has 1 rings (SSSR count). The molecule has 0 N–H and O–H groups in total. The smallest absolute Gasteiger partial charge is 0.0912 e. The molecule has 1 nitrogen and oxygen atoms in total. The third-order valence-corrected chi connectivity index (χ3v) is 2.23. The van der Waals surface area contributed by atoms with E-state index in [1.54, 1.807) is 0 Å². The van der Waals surface area contributed by atoms with E-state index in [9.17, 15) is 0 Å². The highest BCUT2D eigenvalue weighted by Crippen LogP contribution is 2.12. The molecule has 0 aliphatic rings. The topological polar surface area (TPSA) is 23.8 Å². The fourth-order valence-corrected chi connectivity index (χ4v) is 1.30. The summed E-state index contributed by atoms with van der Waals surface area (Å²) in [5, 5.41) is 8.28. The molecule has 0 spiro atoms. The lowest BCUT2D eigenvalue weighted by molar-refractivity contribution is 1.53. The SMILES string of the molecule is N#C/C=C\c1ccccc1I. The summed E-state index contributed by atoms with van der Waals surface area (Å²) in [6.07, 6.45) is 3.29. The summed E-state index contributed by atoms with van der Waals surface area (Å²) in [5.74, 6) is 0. The van der Waals surface area contributed by atoms with Crippen LogP contribution in [-0.4, -0.2) is 0 Å². The maximum Gasteiger partial charge on any atom is 0.0912 e. The van der Waals surface area contributed by atoms with Crippen LogP contribution < -0.4 is 0 Å². The van der Waals surface area contributed by atoms with Crippen molar-refractivity contribution in [2.75, 3.05) is 0 Å². The maximum atomic E-state index is 8.28. The Labute approximate surface area is 79.5 Å². The van der Waals surface area contributed by atoms with Crippen LogP contribution in [0.25, 0.3) is 6.08 Å². The number of halogens is 1. The highest BCUT2D eigenvalue weighted by molar-refractivity contribution is 14.1. The first-order valence-electron chi connectivity index (χ1n) is 3.15. The molecule has 0 saturated carbocycles. The predicted octanol–water partition coefficient (Wildman–Crippen LogP) is 2.83. The van der Waals surface area contributed by atoms with Crippen LogP contribution in [0.2, 0.25) is 0 Å². The normalized spacial score (nSPS) is 9.82. The zero-order valence-electron chi connectivity index (χ0n) is 5.79. The molecular formula is C9H6IN. The Bertz CT molecular complexity index is 310. The number of nitrogens with zero attached hydrogens (tertiary/aromatic N) is 1. The van der Waals surface area contributed by atoms with Crippen molar-refractivity contribution in [3.63, 3.8) is 0 Å². The summed E-state index contributed by atoms with van der Waals surface area (Å²) in [7, 11) is 0. The van der Waals surface area contributed by atoms with Crippen molar-refractivity contribution in [3.05, 3.63) is 39.5 Å². The van der Waals surface area contributed by atoms with Crippen molar-refractivity contribution in [1.29, 1.82) is 5.26 Å². The minimum Gasteiger partial charge on any atom is -0.193 e. The lowest BCUT2D eigenvalue weighted by atomic mass is 10.2. The molecule has 0 aliphatic carbocycles. The molecule has 0 amide bonds. The van der Waals surface area contributed by atoms with E-state index in [0.29, 0.717) is 0 Å². The fraction of sp³-hybridized carbons (Fsp3) is 0. The molecule has 0 saturated heterocycles. The number of nitriles is 1. The zero-order chi connectivity index (χ0) is 8.10. The van der Waals surface area contributed by atoms with E-state index < -0.39 is 0 Å². The Balaban J connectivity index is 2.97. The Hall–Kier alpha value is -0.820. The molecule has 11 heavy (non-hydrogen) atoms. The van der Waals surface area contributed by atoms with Gasteiger partial charge >= 0.3 is 0 Å². The molecule has 1 aromatic carbocycles. The number of allylic oxidation sites excluding steroid dienone is 1. The van der Waals surface area contributed by atoms with E-state index in [2.05, 4.69) is 22.6 Å². The number of hydrogen-bond donors (Lipinski definition) is 0. The summed E-state index contributed by atoms with van der Waals surface area (Å²) in [6.45, 7) is 0. The van der Waals surface area contributed by atoms with E-state index in [1.165, 1.54) is 6.08 Å². The summed E-state index contributed by atoms with van der Waals surface area (Å²) < 4.78 is 1.16. The lowest BCUT2D eigenvalue weighted by Gasteiger charge is -1.93. The van der Waals surface area contributed by atoms with Gasteiger partial charge in [-0.25, -0.2) is 0 Å². The number of hydrogen-bond acceptors (Lipinski definition) is 1. The highest BCUT2D eigenvalue weighted by atomic mass is 127. The molecule has 0 bridgehead atoms. The molecule has 0 aliphatic heterocycles. The molecule has 2 heteroatoms. The third-order valence-electron chi connectivity index (χ3n) is 1.24. The first-order chi connectivity index (χ1) is 5.34. The first kappa shape index (κ1) is 8.28. The monoisotopic (exact) mass is 255 g/mol. The molecule has 0 unspecified atom stereocenters. The second-order valence-corrected chi connectivity index (χ2v) is 3.15. The van der Waals surface area contributed by atoms with Crippen molar-refractivity contribution in [3.8, 4) is 6.07 Å². The maximum absolute atomic E-state index is 8.28. The Morgan fingerprint density at radius 2 is 2.09 bits per heavy atom. The largest absolute Gasteiger partial charge is 0.193 e. The minimum atomic E-state index is 1.09. The van der Waals surface area contributed by atoms with Gasteiger partial charge in [0, 0.05) is 9.65 Å². The van der Waals surface area contributed by atoms with Gasteiger partial charge in [-0.2, -0.15) is 5.26 Å². The molecule has 0 heterocycles. The van der Waals surface area contributed by atoms with E-state index in [-0.39, 0.29) is 0 Å². The van der Waals surface area contributed by atoms with E-state index >= 15 is 0 Å². The molecule has 0 atom stereocenters. The van der Waals surface area contributed by atoms with Crippen LogP contribution in [-0.2, 0) is 0 Å². The quantitative estimate of drug-likeness (QED) is 0.559. The van der Waals surface area contributed by atoms with Gasteiger partial charge in [-0.1, -0.05) is 18.2 Å². The second-order valence-electron chi connectivity index (χ2n) is 1.98. The Kier molecular flexibility index (Phi) is 3.12. The lowest BCUT2D eigenvalue weighted by Crippen LogP contribution is -1.76. The van der Waals surface area contributed by atoms with Crippen LogP contribution in [0.4, 0.5) is 0 Å². The summed E-state index contributed by atoms with van der Waals surface area (Å²) in [4.78, 5) is 0. The molecule has 0 aromatic heterocycles. The van der Waals surface area contributed by atoms with Gasteiger partial charge in [0.15, 0.2) is 0 Å². The molecular weight excluding hydrogens is 249 g/mol. The van der Waals surface area contributed by atoms with Gasteiger partial charge in [0.25, 0.3) is 0 Å². The van der Waals surface area contributed by atoms with E-state index in [4.69, 9.17) is 5.26 Å². The van der Waals surface area contributed by atoms with Crippen molar-refractivity contribution in [1.82, 2.24) is 0 Å². The van der Waals surface area contributed by atoms with Crippen LogP contribution in [0, 0.1) is 14.9 Å². The average Bonchev–Trinajstić information content (AvgIpc) is 2.03. The average molecular weight is 255 g/mol. The van der Waals surface area contributed by atoms with Gasteiger partial charge in [0.1, 0.15) is 0 Å². The first-order valence-corrected chi connectivity index (χ1v) is 4.23. The number of benzene rings is 1. The van der Waals surface area contributed by atoms with Crippen LogP contribution in [0.1, 0.15) is 5.56 Å². The van der Waals surface area contributed by atoms with Gasteiger partial charge in [-0.05, 0) is 40.3 Å². The molecule has 0 radical (unpaired) electrons. The standard InChI is InChI=1S/C9H6IN/c10-9-6-2-1-4-8(9)5-3-7-11/h1-6H/b5-3-. The third kappa shape index (κ3) is 2.35. The van der Waals surface area contributed by atoms with Crippen molar-refractivity contribution in [2.24, 2.45) is 0 Å².